The Morgan fingerprint density at radius 2 is 1.57 bits per heavy atom. The van der Waals surface area contributed by atoms with E-state index in [1.54, 1.807) is 0 Å². The lowest BCUT2D eigenvalue weighted by Gasteiger charge is -2.26. The summed E-state index contributed by atoms with van der Waals surface area (Å²) >= 11 is 0. The SMILES string of the molecule is COC(=O)C1N(c2ccc3c(c2)OCO3)C1(C(C)C)C(C)C.O=C=O.O=C=O. The summed E-state index contributed by atoms with van der Waals surface area (Å²) in [5.41, 5.74) is 0.753. The third kappa shape index (κ3) is 4.06. The number of methoxy groups -OCH3 is 1. The van der Waals surface area contributed by atoms with E-state index in [-0.39, 0.29) is 36.6 Å². The summed E-state index contributed by atoms with van der Waals surface area (Å²) in [7, 11) is 1.45. The molecule has 2 aliphatic rings. The van der Waals surface area contributed by atoms with Gasteiger partial charge in [0.05, 0.1) is 12.6 Å². The molecule has 2 heterocycles. The van der Waals surface area contributed by atoms with Gasteiger partial charge < -0.3 is 19.1 Å². The molecule has 0 amide bonds. The quantitative estimate of drug-likeness (QED) is 0.556. The topological polar surface area (TPSA) is 116 Å². The summed E-state index contributed by atoms with van der Waals surface area (Å²) in [6, 6.07) is 5.58. The molecule has 0 radical (unpaired) electrons. The summed E-state index contributed by atoms with van der Waals surface area (Å²) < 4.78 is 15.9. The van der Waals surface area contributed by atoms with Gasteiger partial charge in [-0.25, -0.2) is 4.79 Å². The fourth-order valence-electron chi connectivity index (χ4n) is 3.99. The third-order valence-corrected chi connectivity index (χ3v) is 4.95. The van der Waals surface area contributed by atoms with E-state index in [0.717, 1.165) is 17.2 Å². The highest BCUT2D eigenvalue weighted by Crippen LogP contribution is 2.56. The van der Waals surface area contributed by atoms with E-state index in [1.807, 2.05) is 18.2 Å². The lowest BCUT2D eigenvalue weighted by Crippen LogP contribution is -2.34. The second-order valence-electron chi connectivity index (χ2n) is 6.70. The highest BCUT2D eigenvalue weighted by atomic mass is 16.7. The number of nitrogens with zero attached hydrogens (tertiary/aromatic N) is 1. The molecule has 1 aromatic carbocycles. The number of benzene rings is 1. The van der Waals surface area contributed by atoms with E-state index >= 15 is 0 Å². The first-order chi connectivity index (χ1) is 13.3. The monoisotopic (exact) mass is 393 g/mol. The Bertz CT molecular complexity index is 741. The summed E-state index contributed by atoms with van der Waals surface area (Å²) in [4.78, 5) is 47.0. The van der Waals surface area contributed by atoms with Crippen molar-refractivity contribution >= 4 is 24.0 Å². The predicted octanol–water partition coefficient (Wildman–Crippen LogP) is 1.66. The number of anilines is 1. The number of fused-ring (bicyclic) bond motifs is 1. The highest BCUT2D eigenvalue weighted by Gasteiger charge is 2.70. The maximum atomic E-state index is 12.3. The summed E-state index contributed by atoms with van der Waals surface area (Å²) in [5, 5.41) is 0. The molecule has 3 rings (SSSR count). The van der Waals surface area contributed by atoms with E-state index in [2.05, 4.69) is 32.6 Å². The minimum Gasteiger partial charge on any atom is -0.467 e. The van der Waals surface area contributed by atoms with Crippen LogP contribution in [0.4, 0.5) is 5.69 Å². The van der Waals surface area contributed by atoms with Crippen LogP contribution in [-0.4, -0.2) is 43.8 Å². The number of hydrogen-bond acceptors (Lipinski definition) is 9. The third-order valence-electron chi connectivity index (χ3n) is 4.95. The van der Waals surface area contributed by atoms with Crippen LogP contribution in [-0.2, 0) is 28.7 Å². The van der Waals surface area contributed by atoms with Gasteiger partial charge in [0.1, 0.15) is 0 Å². The standard InChI is InChI=1S/C17H23NO4.2CO2/c1-10(2)17(11(3)4)15(16(19)20-5)18(17)12-6-7-13-14(8-12)22-9-21-13;2*2-1-3/h6-8,10-11,15H,9H2,1-5H3;;. The van der Waals surface area contributed by atoms with Gasteiger partial charge in [-0.05, 0) is 24.0 Å². The van der Waals surface area contributed by atoms with Gasteiger partial charge in [0.25, 0.3) is 0 Å². The van der Waals surface area contributed by atoms with Gasteiger partial charge in [-0.1, -0.05) is 27.7 Å². The molecule has 9 nitrogen and oxygen atoms in total. The zero-order chi connectivity index (χ0) is 21.5. The van der Waals surface area contributed by atoms with Crippen LogP contribution in [0.5, 0.6) is 11.5 Å². The minimum atomic E-state index is -0.252. The molecule has 0 N–H and O–H groups in total. The first kappa shape index (κ1) is 22.9. The van der Waals surface area contributed by atoms with Crippen LogP contribution in [0.1, 0.15) is 27.7 Å². The van der Waals surface area contributed by atoms with Crippen LogP contribution in [0.15, 0.2) is 18.2 Å². The summed E-state index contributed by atoms with van der Waals surface area (Å²) in [6.45, 7) is 8.87. The molecule has 152 valence electrons. The van der Waals surface area contributed by atoms with E-state index in [9.17, 15) is 4.79 Å². The zero-order valence-electron chi connectivity index (χ0n) is 16.4. The maximum absolute atomic E-state index is 12.3. The van der Waals surface area contributed by atoms with Gasteiger partial charge in [-0.2, -0.15) is 19.2 Å². The number of ether oxygens (including phenoxy) is 3. The maximum Gasteiger partial charge on any atom is 0.373 e. The molecule has 0 bridgehead atoms. The van der Waals surface area contributed by atoms with Crippen LogP contribution >= 0.6 is 0 Å². The molecule has 0 aromatic heterocycles. The second-order valence-corrected chi connectivity index (χ2v) is 6.70. The zero-order valence-corrected chi connectivity index (χ0v) is 16.4. The Kier molecular flexibility index (Phi) is 7.92. The Hall–Kier alpha value is -3.15. The lowest BCUT2D eigenvalue weighted by molar-refractivity contribution is -0.193. The average Bonchev–Trinajstić information content (AvgIpc) is 3.16. The van der Waals surface area contributed by atoms with Gasteiger partial charge in [0, 0.05) is 11.8 Å². The van der Waals surface area contributed by atoms with Gasteiger partial charge in [-0.3, -0.25) is 0 Å². The van der Waals surface area contributed by atoms with E-state index in [4.69, 9.17) is 33.4 Å². The summed E-state index contributed by atoms with van der Waals surface area (Å²) in [5.74, 6) is 1.94. The van der Waals surface area contributed by atoms with Crippen molar-refractivity contribution in [3.63, 3.8) is 0 Å². The molecule has 1 atom stereocenters. The van der Waals surface area contributed by atoms with E-state index in [1.165, 1.54) is 7.11 Å². The first-order valence-corrected chi connectivity index (χ1v) is 8.53. The first-order valence-electron chi connectivity index (χ1n) is 8.53. The Morgan fingerprint density at radius 3 is 2.04 bits per heavy atom. The molecule has 0 aliphatic carbocycles. The molecule has 0 saturated carbocycles. The number of carbonyl (C=O) groups excluding carboxylic acids is 5. The lowest BCUT2D eigenvalue weighted by atomic mass is 9.81. The predicted molar refractivity (Wildman–Crippen MR) is 93.3 cm³/mol. The van der Waals surface area contributed by atoms with Crippen molar-refractivity contribution in [1.29, 1.82) is 0 Å². The van der Waals surface area contributed by atoms with Gasteiger partial charge in [0.2, 0.25) is 6.79 Å². The normalized spacial score (nSPS) is 17.4. The largest absolute Gasteiger partial charge is 0.467 e. The smallest absolute Gasteiger partial charge is 0.373 e. The molecule has 1 unspecified atom stereocenters. The number of hydrogen-bond donors (Lipinski definition) is 0. The van der Waals surface area contributed by atoms with Crippen molar-refractivity contribution in [3.8, 4) is 11.5 Å². The van der Waals surface area contributed by atoms with Crippen LogP contribution in [0.3, 0.4) is 0 Å². The second kappa shape index (κ2) is 9.69. The molecule has 0 spiro atoms. The summed E-state index contributed by atoms with van der Waals surface area (Å²) in [6.07, 6.45) is 0.500. The number of esters is 1. The molecule has 9 heteroatoms. The molecule has 28 heavy (non-hydrogen) atoms. The average molecular weight is 393 g/mol. The van der Waals surface area contributed by atoms with Gasteiger partial charge in [-0.15, -0.1) is 0 Å². The van der Waals surface area contributed by atoms with Crippen molar-refractivity contribution in [2.24, 2.45) is 11.8 Å². The number of rotatable bonds is 4. The van der Waals surface area contributed by atoms with E-state index < -0.39 is 0 Å². The van der Waals surface area contributed by atoms with Crippen LogP contribution in [0.2, 0.25) is 0 Å². The molecular formula is C19H23NO8. The minimum absolute atomic E-state index is 0.180. The highest BCUT2D eigenvalue weighted by molar-refractivity contribution is 5.91. The van der Waals surface area contributed by atoms with Crippen LogP contribution in [0.25, 0.3) is 0 Å². The van der Waals surface area contributed by atoms with Crippen molar-refractivity contribution in [2.75, 3.05) is 18.8 Å². The fourth-order valence-corrected chi connectivity index (χ4v) is 3.99. The van der Waals surface area contributed by atoms with Gasteiger partial charge in [0.15, 0.2) is 17.5 Å². The van der Waals surface area contributed by atoms with Gasteiger partial charge >= 0.3 is 18.3 Å². The molecule has 1 saturated heterocycles. The Morgan fingerprint density at radius 1 is 1.07 bits per heavy atom. The van der Waals surface area contributed by atoms with E-state index in [0.29, 0.717) is 11.8 Å². The van der Waals surface area contributed by atoms with Crippen LogP contribution < -0.4 is 14.4 Å². The van der Waals surface area contributed by atoms with Crippen molar-refractivity contribution in [2.45, 2.75) is 39.3 Å². The van der Waals surface area contributed by atoms with Crippen LogP contribution in [0, 0.1) is 11.8 Å². The molecule has 1 fully saturated rings. The Labute approximate surface area is 162 Å². The Balaban J connectivity index is 0.000000582. The fraction of sp³-hybridized carbons (Fsp3) is 0.526. The van der Waals surface area contributed by atoms with Crippen molar-refractivity contribution < 1.29 is 38.2 Å². The number of carbonyl (C=O) groups is 1. The molecule has 2 aliphatic heterocycles. The molecule has 1 aromatic rings. The van der Waals surface area contributed by atoms with Crippen molar-refractivity contribution in [3.05, 3.63) is 18.2 Å². The van der Waals surface area contributed by atoms with Crippen molar-refractivity contribution in [1.82, 2.24) is 0 Å². The molecular weight excluding hydrogens is 370 g/mol.